The number of halogens is 1. The zero-order valence-electron chi connectivity index (χ0n) is 10.00. The van der Waals surface area contributed by atoms with Crippen molar-refractivity contribution in [3.05, 3.63) is 35.6 Å². The molecule has 2 atom stereocenters. The summed E-state index contributed by atoms with van der Waals surface area (Å²) in [6.45, 7) is 3.18. The fourth-order valence-electron chi connectivity index (χ4n) is 2.46. The maximum absolute atomic E-state index is 13.3. The number of hydrogen-bond donors (Lipinski definition) is 1. The topological polar surface area (TPSA) is 38.3 Å². The summed E-state index contributed by atoms with van der Waals surface area (Å²) in [4.78, 5) is 11.7. The lowest BCUT2D eigenvalue weighted by Crippen LogP contribution is -2.37. The third-order valence-electron chi connectivity index (χ3n) is 3.58. The van der Waals surface area contributed by atoms with E-state index < -0.39 is 5.41 Å². The summed E-state index contributed by atoms with van der Waals surface area (Å²) in [5.41, 5.74) is 0.424. The summed E-state index contributed by atoms with van der Waals surface area (Å²) in [6, 6.07) is 6.42. The van der Waals surface area contributed by atoms with Crippen LogP contribution >= 0.6 is 0 Å². The van der Waals surface area contributed by atoms with Crippen LogP contribution in [0.1, 0.15) is 12.5 Å². The molecule has 1 fully saturated rings. The highest BCUT2D eigenvalue weighted by Crippen LogP contribution is 2.36. The number of hydrogen-bond acceptors (Lipinski definition) is 3. The third kappa shape index (κ3) is 2.05. The second kappa shape index (κ2) is 4.45. The van der Waals surface area contributed by atoms with Gasteiger partial charge in [0.05, 0.1) is 13.0 Å². The Bertz CT molecular complexity index is 435. The molecule has 1 N–H and O–H groups in total. The van der Waals surface area contributed by atoms with E-state index in [-0.39, 0.29) is 17.7 Å². The van der Waals surface area contributed by atoms with E-state index in [0.29, 0.717) is 13.1 Å². The number of carbonyl (C=O) groups excluding carboxylic acids is 1. The molecule has 0 amide bonds. The SMILES string of the molecule is COC(=O)C1CNCC1(C)c1cccc(F)c1. The second-order valence-electron chi connectivity index (χ2n) is 4.63. The van der Waals surface area contributed by atoms with Crippen molar-refractivity contribution in [1.29, 1.82) is 0 Å². The van der Waals surface area contributed by atoms with Crippen molar-refractivity contribution in [1.82, 2.24) is 5.32 Å². The fraction of sp³-hybridized carbons (Fsp3) is 0.462. The molecule has 1 aliphatic rings. The molecule has 1 saturated heterocycles. The molecule has 4 heteroatoms. The molecule has 1 aromatic rings. The number of nitrogens with one attached hydrogen (secondary N) is 1. The summed E-state index contributed by atoms with van der Waals surface area (Å²) >= 11 is 0. The first kappa shape index (κ1) is 12.0. The van der Waals surface area contributed by atoms with Crippen molar-refractivity contribution >= 4 is 5.97 Å². The minimum absolute atomic E-state index is 0.248. The first-order valence-electron chi connectivity index (χ1n) is 5.62. The van der Waals surface area contributed by atoms with Gasteiger partial charge in [0.1, 0.15) is 5.82 Å². The third-order valence-corrected chi connectivity index (χ3v) is 3.58. The zero-order valence-corrected chi connectivity index (χ0v) is 10.00. The molecule has 0 aromatic heterocycles. The molecule has 0 bridgehead atoms. The number of carbonyl (C=O) groups is 1. The lowest BCUT2D eigenvalue weighted by atomic mass is 9.74. The van der Waals surface area contributed by atoms with E-state index >= 15 is 0 Å². The van der Waals surface area contributed by atoms with Crippen LogP contribution in [0.25, 0.3) is 0 Å². The van der Waals surface area contributed by atoms with Gasteiger partial charge in [-0.2, -0.15) is 0 Å². The lowest BCUT2D eigenvalue weighted by molar-refractivity contribution is -0.146. The van der Waals surface area contributed by atoms with E-state index in [0.717, 1.165) is 5.56 Å². The van der Waals surface area contributed by atoms with Crippen LogP contribution in [0.15, 0.2) is 24.3 Å². The minimum atomic E-state index is -0.408. The molecular formula is C13H16FNO2. The first-order valence-corrected chi connectivity index (χ1v) is 5.62. The number of rotatable bonds is 2. The average molecular weight is 237 g/mol. The molecular weight excluding hydrogens is 221 g/mol. The van der Waals surface area contributed by atoms with E-state index in [4.69, 9.17) is 4.74 Å². The van der Waals surface area contributed by atoms with Gasteiger partial charge in [0.25, 0.3) is 0 Å². The average Bonchev–Trinajstić information content (AvgIpc) is 2.72. The van der Waals surface area contributed by atoms with Crippen molar-refractivity contribution in [3.63, 3.8) is 0 Å². The van der Waals surface area contributed by atoms with E-state index in [2.05, 4.69) is 5.32 Å². The van der Waals surface area contributed by atoms with Gasteiger partial charge in [-0.25, -0.2) is 4.39 Å². The Hall–Kier alpha value is -1.42. The molecule has 3 nitrogen and oxygen atoms in total. The van der Waals surface area contributed by atoms with Crippen LogP contribution in [0.2, 0.25) is 0 Å². The predicted molar refractivity (Wildman–Crippen MR) is 62.1 cm³/mol. The van der Waals surface area contributed by atoms with Gasteiger partial charge in [0, 0.05) is 18.5 Å². The standard InChI is InChI=1S/C13H16FNO2/c1-13(9-4-3-5-10(14)6-9)8-15-7-11(13)12(16)17-2/h3-6,11,15H,7-8H2,1-2H3. The minimum Gasteiger partial charge on any atom is -0.469 e. The molecule has 2 unspecified atom stereocenters. The van der Waals surface area contributed by atoms with Gasteiger partial charge in [0.2, 0.25) is 0 Å². The Balaban J connectivity index is 2.37. The van der Waals surface area contributed by atoms with Gasteiger partial charge in [-0.15, -0.1) is 0 Å². The van der Waals surface area contributed by atoms with Gasteiger partial charge >= 0.3 is 5.97 Å². The number of ether oxygens (including phenoxy) is 1. The molecule has 0 aliphatic carbocycles. The van der Waals surface area contributed by atoms with Crippen LogP contribution in [0.4, 0.5) is 4.39 Å². The Morgan fingerprint density at radius 2 is 2.35 bits per heavy atom. The normalized spacial score (nSPS) is 28.1. The first-order chi connectivity index (χ1) is 8.08. The molecule has 17 heavy (non-hydrogen) atoms. The molecule has 0 saturated carbocycles. The summed E-state index contributed by atoms with van der Waals surface area (Å²) in [6.07, 6.45) is 0. The van der Waals surface area contributed by atoms with E-state index in [1.165, 1.54) is 19.2 Å². The highest BCUT2D eigenvalue weighted by molar-refractivity contribution is 5.75. The van der Waals surface area contributed by atoms with E-state index in [9.17, 15) is 9.18 Å². The largest absolute Gasteiger partial charge is 0.469 e. The van der Waals surface area contributed by atoms with Gasteiger partial charge in [-0.1, -0.05) is 19.1 Å². The van der Waals surface area contributed by atoms with Crippen molar-refractivity contribution in [2.24, 2.45) is 5.92 Å². The van der Waals surface area contributed by atoms with Crippen LogP contribution in [0, 0.1) is 11.7 Å². The molecule has 1 heterocycles. The van der Waals surface area contributed by atoms with Gasteiger partial charge in [-0.3, -0.25) is 4.79 Å². The predicted octanol–water partition coefficient (Wildman–Crippen LogP) is 1.48. The van der Waals surface area contributed by atoms with Gasteiger partial charge in [-0.05, 0) is 17.7 Å². The summed E-state index contributed by atoms with van der Waals surface area (Å²) in [7, 11) is 1.38. The second-order valence-corrected chi connectivity index (χ2v) is 4.63. The summed E-state index contributed by atoms with van der Waals surface area (Å²) in [5.74, 6) is -0.796. The Morgan fingerprint density at radius 3 is 3.00 bits per heavy atom. The van der Waals surface area contributed by atoms with Gasteiger partial charge < -0.3 is 10.1 Å². The van der Waals surface area contributed by atoms with Crippen molar-refractivity contribution in [2.45, 2.75) is 12.3 Å². The van der Waals surface area contributed by atoms with Crippen LogP contribution < -0.4 is 5.32 Å². The number of benzene rings is 1. The molecule has 0 spiro atoms. The maximum atomic E-state index is 13.3. The highest BCUT2D eigenvalue weighted by Gasteiger charge is 2.45. The summed E-state index contributed by atoms with van der Waals surface area (Å²) in [5, 5.41) is 3.17. The fourth-order valence-corrected chi connectivity index (χ4v) is 2.46. The van der Waals surface area contributed by atoms with Crippen LogP contribution in [0.5, 0.6) is 0 Å². The number of methoxy groups -OCH3 is 1. The van der Waals surface area contributed by atoms with Crippen molar-refractivity contribution in [2.75, 3.05) is 20.2 Å². The Morgan fingerprint density at radius 1 is 1.59 bits per heavy atom. The number of esters is 1. The monoisotopic (exact) mass is 237 g/mol. The maximum Gasteiger partial charge on any atom is 0.310 e. The lowest BCUT2D eigenvalue weighted by Gasteiger charge is -2.29. The smallest absolute Gasteiger partial charge is 0.310 e. The van der Waals surface area contributed by atoms with Crippen molar-refractivity contribution in [3.8, 4) is 0 Å². The van der Waals surface area contributed by atoms with Crippen LogP contribution in [-0.4, -0.2) is 26.2 Å². The molecule has 2 rings (SSSR count). The zero-order chi connectivity index (χ0) is 12.5. The van der Waals surface area contributed by atoms with Crippen LogP contribution in [0.3, 0.4) is 0 Å². The highest BCUT2D eigenvalue weighted by atomic mass is 19.1. The van der Waals surface area contributed by atoms with Crippen molar-refractivity contribution < 1.29 is 13.9 Å². The van der Waals surface area contributed by atoms with E-state index in [1.807, 2.05) is 13.0 Å². The summed E-state index contributed by atoms with van der Waals surface area (Å²) < 4.78 is 18.1. The molecule has 1 aliphatic heterocycles. The quantitative estimate of drug-likeness (QED) is 0.792. The Labute approximate surface area is 100.0 Å². The molecule has 92 valence electrons. The Kier molecular flexibility index (Phi) is 3.15. The van der Waals surface area contributed by atoms with E-state index in [1.54, 1.807) is 6.07 Å². The molecule has 1 aromatic carbocycles. The van der Waals surface area contributed by atoms with Gasteiger partial charge in [0.15, 0.2) is 0 Å². The van der Waals surface area contributed by atoms with Crippen LogP contribution in [-0.2, 0) is 14.9 Å². The molecule has 0 radical (unpaired) electrons.